The van der Waals surface area contributed by atoms with Gasteiger partial charge in [0.15, 0.2) is 0 Å². The zero-order valence-corrected chi connectivity index (χ0v) is 18.0. The molecule has 2 aromatic rings. The Morgan fingerprint density at radius 2 is 1.93 bits per heavy atom. The van der Waals surface area contributed by atoms with E-state index in [0.29, 0.717) is 13.0 Å². The first-order valence-electron chi connectivity index (χ1n) is 10.2. The molecule has 1 aromatic heterocycles. The van der Waals surface area contributed by atoms with Gasteiger partial charge in [0.05, 0.1) is 13.1 Å². The average Bonchev–Trinajstić information content (AvgIpc) is 2.90. The summed E-state index contributed by atoms with van der Waals surface area (Å²) in [6.45, 7) is 2.28. The number of furan rings is 1. The summed E-state index contributed by atoms with van der Waals surface area (Å²) in [5.41, 5.74) is 2.67. The molecule has 0 fully saturated rings. The van der Waals surface area contributed by atoms with Crippen molar-refractivity contribution < 1.29 is 9.21 Å². The Labute approximate surface area is 175 Å². The van der Waals surface area contributed by atoms with Crippen LogP contribution in [0.15, 0.2) is 40.8 Å². The maximum absolute atomic E-state index is 12.7. The molecule has 0 radical (unpaired) electrons. The van der Waals surface area contributed by atoms with E-state index in [1.807, 2.05) is 19.0 Å². The molecule has 3 rings (SSSR count). The van der Waals surface area contributed by atoms with Crippen molar-refractivity contribution in [1.82, 2.24) is 9.80 Å². The average molecular weight is 405 g/mol. The van der Waals surface area contributed by atoms with Gasteiger partial charge in [0.25, 0.3) is 0 Å². The van der Waals surface area contributed by atoms with Crippen LogP contribution in [0.4, 0.5) is 0 Å². The minimum Gasteiger partial charge on any atom is -0.463 e. The van der Waals surface area contributed by atoms with Crippen molar-refractivity contribution in [2.75, 3.05) is 20.6 Å². The first kappa shape index (κ1) is 22.5. The smallest absolute Gasteiger partial charge is 0.222 e. The van der Waals surface area contributed by atoms with E-state index in [2.05, 4.69) is 41.3 Å². The van der Waals surface area contributed by atoms with Gasteiger partial charge in [-0.05, 0) is 63.4 Å². The van der Waals surface area contributed by atoms with Gasteiger partial charge in [0.1, 0.15) is 11.5 Å². The third kappa shape index (κ3) is 6.68. The van der Waals surface area contributed by atoms with Crippen molar-refractivity contribution in [3.8, 4) is 0 Å². The Kier molecular flexibility index (Phi) is 9.07. The summed E-state index contributed by atoms with van der Waals surface area (Å²) in [6.07, 6.45) is 7.00. The van der Waals surface area contributed by atoms with Gasteiger partial charge in [-0.25, -0.2) is 0 Å². The number of rotatable bonds is 8. The molecule has 0 atom stereocenters. The van der Waals surface area contributed by atoms with Crippen LogP contribution in [0, 0.1) is 0 Å². The van der Waals surface area contributed by atoms with Gasteiger partial charge >= 0.3 is 0 Å². The Morgan fingerprint density at radius 3 is 2.68 bits per heavy atom. The van der Waals surface area contributed by atoms with Gasteiger partial charge < -0.3 is 14.2 Å². The highest BCUT2D eigenvalue weighted by molar-refractivity contribution is 5.85. The number of hydrogen-bond acceptors (Lipinski definition) is 3. The summed E-state index contributed by atoms with van der Waals surface area (Å²) < 4.78 is 6.03. The van der Waals surface area contributed by atoms with Crippen LogP contribution in [-0.2, 0) is 30.7 Å². The molecule has 0 saturated carbocycles. The van der Waals surface area contributed by atoms with E-state index in [4.69, 9.17) is 4.42 Å². The van der Waals surface area contributed by atoms with Gasteiger partial charge in [0.2, 0.25) is 5.91 Å². The number of carbonyl (C=O) groups excluding carboxylic acids is 1. The quantitative estimate of drug-likeness (QED) is 0.590. The number of halogens is 1. The molecular weight excluding hydrogens is 372 g/mol. The summed E-state index contributed by atoms with van der Waals surface area (Å²) >= 11 is 0. The van der Waals surface area contributed by atoms with Crippen molar-refractivity contribution in [2.45, 2.75) is 58.0 Å². The Balaban J connectivity index is 0.00000280. The molecule has 0 aliphatic carbocycles. The van der Waals surface area contributed by atoms with Crippen LogP contribution >= 0.6 is 12.4 Å². The highest BCUT2D eigenvalue weighted by atomic mass is 35.5. The topological polar surface area (TPSA) is 36.7 Å². The lowest BCUT2D eigenvalue weighted by Gasteiger charge is -2.20. The first-order chi connectivity index (χ1) is 13.1. The summed E-state index contributed by atoms with van der Waals surface area (Å²) in [4.78, 5) is 16.8. The fraction of sp³-hybridized carbons (Fsp3) is 0.522. The van der Waals surface area contributed by atoms with E-state index >= 15 is 0 Å². The van der Waals surface area contributed by atoms with Crippen LogP contribution in [0.3, 0.4) is 0 Å². The van der Waals surface area contributed by atoms with Crippen LogP contribution in [0.1, 0.15) is 54.8 Å². The molecule has 1 amide bonds. The lowest BCUT2D eigenvalue weighted by atomic mass is 10.1. The largest absolute Gasteiger partial charge is 0.463 e. The standard InChI is InChI=1S/C23H32N2O2.ClH/c1-24(2)17-21-16-20-13-9-15-25(18-22(20)27-21)23(26)14-8-4-7-12-19-10-5-3-6-11-19;/h3,5-6,10-11,16H,4,7-9,12-15,17-18H2,1-2H3;1H. The van der Waals surface area contributed by atoms with Gasteiger partial charge in [-0.2, -0.15) is 0 Å². The third-order valence-corrected chi connectivity index (χ3v) is 5.18. The molecule has 0 unspecified atom stereocenters. The van der Waals surface area contributed by atoms with Crippen LogP contribution < -0.4 is 0 Å². The van der Waals surface area contributed by atoms with E-state index in [0.717, 1.165) is 63.1 Å². The zero-order valence-electron chi connectivity index (χ0n) is 17.2. The summed E-state index contributed by atoms with van der Waals surface area (Å²) in [5, 5.41) is 0. The Bertz CT molecular complexity index is 727. The van der Waals surface area contributed by atoms with E-state index in [1.54, 1.807) is 0 Å². The number of amides is 1. The SMILES string of the molecule is CN(C)Cc1cc2c(o1)CN(C(=O)CCCCCc1ccccc1)CCC2.Cl. The number of fused-ring (bicyclic) bond motifs is 1. The molecule has 154 valence electrons. The van der Waals surface area contributed by atoms with Crippen molar-refractivity contribution in [2.24, 2.45) is 0 Å². The maximum Gasteiger partial charge on any atom is 0.222 e. The molecule has 0 bridgehead atoms. The predicted octanol–water partition coefficient (Wildman–Crippen LogP) is 4.84. The molecule has 1 aliphatic heterocycles. The first-order valence-corrected chi connectivity index (χ1v) is 10.2. The number of nitrogens with zero attached hydrogens (tertiary/aromatic N) is 2. The molecule has 1 aliphatic rings. The van der Waals surface area contributed by atoms with Crippen LogP contribution in [-0.4, -0.2) is 36.3 Å². The second-order valence-electron chi connectivity index (χ2n) is 7.86. The molecule has 2 heterocycles. The second-order valence-corrected chi connectivity index (χ2v) is 7.86. The molecule has 5 heteroatoms. The minimum absolute atomic E-state index is 0. The third-order valence-electron chi connectivity index (χ3n) is 5.18. The lowest BCUT2D eigenvalue weighted by Crippen LogP contribution is -2.30. The molecule has 0 spiro atoms. The fourth-order valence-electron chi connectivity index (χ4n) is 3.77. The van der Waals surface area contributed by atoms with Crippen LogP contribution in [0.2, 0.25) is 0 Å². The van der Waals surface area contributed by atoms with Crippen molar-refractivity contribution in [3.63, 3.8) is 0 Å². The second kappa shape index (κ2) is 11.3. The highest BCUT2D eigenvalue weighted by Crippen LogP contribution is 2.24. The number of aryl methyl sites for hydroxylation is 2. The van der Waals surface area contributed by atoms with E-state index in [1.165, 1.54) is 11.1 Å². The van der Waals surface area contributed by atoms with Crippen molar-refractivity contribution in [3.05, 3.63) is 59.0 Å². The molecule has 1 aromatic carbocycles. The van der Waals surface area contributed by atoms with E-state index in [-0.39, 0.29) is 18.3 Å². The molecular formula is C23H33ClN2O2. The number of benzene rings is 1. The normalized spacial score (nSPS) is 13.8. The number of unbranched alkanes of at least 4 members (excludes halogenated alkanes) is 2. The molecule has 4 nitrogen and oxygen atoms in total. The summed E-state index contributed by atoms with van der Waals surface area (Å²) in [7, 11) is 4.09. The summed E-state index contributed by atoms with van der Waals surface area (Å²) in [6, 6.07) is 12.8. The Morgan fingerprint density at radius 1 is 1.14 bits per heavy atom. The monoisotopic (exact) mass is 404 g/mol. The van der Waals surface area contributed by atoms with Crippen molar-refractivity contribution in [1.29, 1.82) is 0 Å². The fourth-order valence-corrected chi connectivity index (χ4v) is 3.77. The highest BCUT2D eigenvalue weighted by Gasteiger charge is 2.22. The molecule has 28 heavy (non-hydrogen) atoms. The van der Waals surface area contributed by atoms with Crippen LogP contribution in [0.25, 0.3) is 0 Å². The van der Waals surface area contributed by atoms with Gasteiger partial charge in [-0.1, -0.05) is 36.8 Å². The minimum atomic E-state index is 0. The number of carbonyl (C=O) groups is 1. The van der Waals surface area contributed by atoms with Crippen molar-refractivity contribution >= 4 is 18.3 Å². The van der Waals surface area contributed by atoms with Gasteiger partial charge in [0, 0.05) is 13.0 Å². The number of hydrogen-bond donors (Lipinski definition) is 0. The zero-order chi connectivity index (χ0) is 19.1. The van der Waals surface area contributed by atoms with E-state index in [9.17, 15) is 4.79 Å². The lowest BCUT2D eigenvalue weighted by molar-refractivity contribution is -0.132. The Hall–Kier alpha value is -1.78. The molecule has 0 saturated heterocycles. The van der Waals surface area contributed by atoms with E-state index < -0.39 is 0 Å². The molecule has 0 N–H and O–H groups in total. The van der Waals surface area contributed by atoms with Crippen LogP contribution in [0.5, 0.6) is 0 Å². The maximum atomic E-state index is 12.7. The van der Waals surface area contributed by atoms with Gasteiger partial charge in [-0.3, -0.25) is 4.79 Å². The predicted molar refractivity (Wildman–Crippen MR) is 116 cm³/mol. The van der Waals surface area contributed by atoms with Gasteiger partial charge in [-0.15, -0.1) is 12.4 Å². The summed E-state index contributed by atoms with van der Waals surface area (Å²) in [5.74, 6) is 2.26.